The molecule has 0 spiro atoms. The van der Waals surface area contributed by atoms with E-state index in [0.717, 1.165) is 22.6 Å². The number of hydrogen-bond donors (Lipinski definition) is 1. The zero-order valence-electron chi connectivity index (χ0n) is 18.4. The second kappa shape index (κ2) is 11.3. The number of rotatable bonds is 10. The molecule has 0 unspecified atom stereocenters. The number of amides is 1. The van der Waals surface area contributed by atoms with E-state index < -0.39 is 0 Å². The summed E-state index contributed by atoms with van der Waals surface area (Å²) in [6.07, 6.45) is 1.76. The minimum atomic E-state index is -0.173. The molecule has 7 nitrogen and oxygen atoms in total. The molecule has 2 aromatic heterocycles. The number of halogens is 1. The molecule has 0 fully saturated rings. The van der Waals surface area contributed by atoms with Crippen molar-refractivity contribution in [3.63, 3.8) is 0 Å². The van der Waals surface area contributed by atoms with E-state index in [1.165, 1.54) is 23.1 Å². The van der Waals surface area contributed by atoms with Gasteiger partial charge in [0.15, 0.2) is 16.1 Å². The number of ether oxygens (including phenoxy) is 1. The Morgan fingerprint density at radius 2 is 2.03 bits per heavy atom. The molecule has 0 aliphatic carbocycles. The van der Waals surface area contributed by atoms with Gasteiger partial charge in [0.05, 0.1) is 11.4 Å². The zero-order valence-corrected chi connectivity index (χ0v) is 20.8. The molecule has 0 bridgehead atoms. The van der Waals surface area contributed by atoms with Gasteiger partial charge < -0.3 is 10.1 Å². The summed E-state index contributed by atoms with van der Waals surface area (Å²) in [6, 6.07) is 15.2. The third kappa shape index (κ3) is 6.05. The third-order valence-electron chi connectivity index (χ3n) is 4.78. The summed E-state index contributed by atoms with van der Waals surface area (Å²) in [5, 5.41) is 15.1. The van der Waals surface area contributed by atoms with Crippen molar-refractivity contribution in [3.05, 3.63) is 83.0 Å². The summed E-state index contributed by atoms with van der Waals surface area (Å²) in [7, 11) is 0. The number of carbonyl (C=O) groups is 1. The van der Waals surface area contributed by atoms with E-state index in [-0.39, 0.29) is 18.3 Å². The fraction of sp³-hybridized carbons (Fsp3) is 0.167. The summed E-state index contributed by atoms with van der Waals surface area (Å²) < 4.78 is 7.81. The number of nitrogens with one attached hydrogen (secondary N) is 1. The molecule has 0 aliphatic rings. The average Bonchev–Trinajstić information content (AvgIpc) is 3.45. The number of anilines is 1. The van der Waals surface area contributed by atoms with E-state index in [0.29, 0.717) is 27.7 Å². The maximum Gasteiger partial charge on any atom is 0.236 e. The number of hydrogen-bond acceptors (Lipinski definition) is 7. The highest BCUT2D eigenvalue weighted by atomic mass is 35.5. The normalized spacial score (nSPS) is 10.8. The highest BCUT2D eigenvalue weighted by Gasteiger charge is 2.15. The van der Waals surface area contributed by atoms with Crippen LogP contribution in [-0.4, -0.2) is 31.4 Å². The van der Waals surface area contributed by atoms with Crippen LogP contribution in [-0.2, 0) is 17.9 Å². The monoisotopic (exact) mass is 511 g/mol. The molecule has 1 N–H and O–H groups in total. The molecule has 4 aromatic rings. The van der Waals surface area contributed by atoms with Crippen LogP contribution in [0.4, 0.5) is 5.13 Å². The lowest BCUT2D eigenvalue weighted by atomic mass is 10.2. The SMILES string of the molecule is C=CCn1c(COc2ccccc2C)nnc1SCC(=O)Nc1nc(-c2ccc(Cl)cc2)cs1. The standard InChI is InChI=1S/C24H22ClN5O2S2/c1-3-12-30-21(13-32-20-7-5-4-6-16(20)2)28-29-24(30)34-15-22(31)27-23-26-19(14-33-23)17-8-10-18(25)11-9-17/h3-11,14H,1,12-13,15H2,2H3,(H,26,27,31). The first-order valence-corrected chi connectivity index (χ1v) is 12.6. The molecular weight excluding hydrogens is 490 g/mol. The molecule has 1 amide bonds. The Morgan fingerprint density at radius 3 is 2.79 bits per heavy atom. The number of nitrogens with zero attached hydrogens (tertiary/aromatic N) is 4. The maximum absolute atomic E-state index is 12.5. The van der Waals surface area contributed by atoms with Crippen LogP contribution in [0.25, 0.3) is 11.3 Å². The van der Waals surface area contributed by atoms with Crippen molar-refractivity contribution >= 4 is 45.7 Å². The molecule has 2 heterocycles. The van der Waals surface area contributed by atoms with Crippen molar-refractivity contribution in [2.75, 3.05) is 11.1 Å². The van der Waals surface area contributed by atoms with Crippen molar-refractivity contribution in [3.8, 4) is 17.0 Å². The number of benzene rings is 2. The van der Waals surface area contributed by atoms with Crippen LogP contribution < -0.4 is 10.1 Å². The van der Waals surface area contributed by atoms with Gasteiger partial charge in [-0.05, 0) is 30.7 Å². The van der Waals surface area contributed by atoms with Gasteiger partial charge >= 0.3 is 0 Å². The number of para-hydroxylation sites is 1. The van der Waals surface area contributed by atoms with Crippen molar-refractivity contribution in [2.45, 2.75) is 25.2 Å². The fourth-order valence-electron chi connectivity index (χ4n) is 3.08. The van der Waals surface area contributed by atoms with Gasteiger partial charge in [0.2, 0.25) is 5.91 Å². The van der Waals surface area contributed by atoms with Gasteiger partial charge in [-0.15, -0.1) is 28.1 Å². The number of aromatic nitrogens is 4. The summed E-state index contributed by atoms with van der Waals surface area (Å²) in [6.45, 7) is 6.59. The highest BCUT2D eigenvalue weighted by molar-refractivity contribution is 7.99. The van der Waals surface area contributed by atoms with E-state index in [2.05, 4.69) is 27.1 Å². The quantitative estimate of drug-likeness (QED) is 0.212. The van der Waals surface area contributed by atoms with Crippen molar-refractivity contribution < 1.29 is 9.53 Å². The predicted octanol–water partition coefficient (Wildman–Crippen LogP) is 5.86. The molecule has 0 saturated heterocycles. The topological polar surface area (TPSA) is 81.9 Å². The van der Waals surface area contributed by atoms with E-state index in [4.69, 9.17) is 16.3 Å². The molecular formula is C24H22ClN5O2S2. The van der Waals surface area contributed by atoms with Crippen LogP contribution >= 0.6 is 34.7 Å². The molecule has 0 aliphatic heterocycles. The largest absolute Gasteiger partial charge is 0.485 e. The Kier molecular flexibility index (Phi) is 7.99. The number of thiazole rings is 1. The van der Waals surface area contributed by atoms with Gasteiger partial charge in [-0.25, -0.2) is 4.98 Å². The Balaban J connectivity index is 1.35. The van der Waals surface area contributed by atoms with Crippen LogP contribution in [0.3, 0.4) is 0 Å². The lowest BCUT2D eigenvalue weighted by molar-refractivity contribution is -0.113. The van der Waals surface area contributed by atoms with Crippen molar-refractivity contribution in [1.82, 2.24) is 19.7 Å². The van der Waals surface area contributed by atoms with Crippen LogP contribution in [0.15, 0.2) is 71.7 Å². The fourth-order valence-corrected chi connectivity index (χ4v) is 4.70. The Labute approximate surface area is 210 Å². The summed E-state index contributed by atoms with van der Waals surface area (Å²) in [5.41, 5.74) is 2.77. The minimum Gasteiger partial charge on any atom is -0.485 e. The van der Waals surface area contributed by atoms with Gasteiger partial charge in [0.25, 0.3) is 0 Å². The number of allylic oxidation sites excluding steroid dienone is 1. The van der Waals surface area contributed by atoms with Gasteiger partial charge in [-0.1, -0.05) is 59.8 Å². The molecule has 0 atom stereocenters. The molecule has 34 heavy (non-hydrogen) atoms. The smallest absolute Gasteiger partial charge is 0.236 e. The Bertz CT molecular complexity index is 1290. The highest BCUT2D eigenvalue weighted by Crippen LogP contribution is 2.26. The van der Waals surface area contributed by atoms with Gasteiger partial charge in [-0.2, -0.15) is 0 Å². The van der Waals surface area contributed by atoms with Crippen molar-refractivity contribution in [2.24, 2.45) is 0 Å². The number of carbonyl (C=O) groups excluding carboxylic acids is 1. The Morgan fingerprint density at radius 1 is 1.24 bits per heavy atom. The molecule has 0 saturated carbocycles. The molecule has 2 aromatic carbocycles. The van der Waals surface area contributed by atoms with Gasteiger partial charge in [0.1, 0.15) is 12.4 Å². The lowest BCUT2D eigenvalue weighted by Crippen LogP contribution is -2.15. The van der Waals surface area contributed by atoms with Gasteiger partial charge in [-0.3, -0.25) is 9.36 Å². The maximum atomic E-state index is 12.5. The van der Waals surface area contributed by atoms with E-state index >= 15 is 0 Å². The predicted molar refractivity (Wildman–Crippen MR) is 138 cm³/mol. The summed E-state index contributed by atoms with van der Waals surface area (Å²) in [4.78, 5) is 17.0. The van der Waals surface area contributed by atoms with E-state index in [1.54, 1.807) is 6.08 Å². The summed E-state index contributed by atoms with van der Waals surface area (Å²) in [5.74, 6) is 1.46. The van der Waals surface area contributed by atoms with Crippen molar-refractivity contribution in [1.29, 1.82) is 0 Å². The summed E-state index contributed by atoms with van der Waals surface area (Å²) >= 11 is 8.61. The van der Waals surface area contributed by atoms with E-state index in [1.807, 2.05) is 65.4 Å². The lowest BCUT2D eigenvalue weighted by Gasteiger charge is -2.10. The van der Waals surface area contributed by atoms with E-state index in [9.17, 15) is 4.79 Å². The van der Waals surface area contributed by atoms with Gasteiger partial charge in [0, 0.05) is 22.5 Å². The first-order chi connectivity index (χ1) is 16.5. The third-order valence-corrected chi connectivity index (χ3v) is 6.75. The number of aryl methyl sites for hydroxylation is 1. The van der Waals surface area contributed by atoms with Crippen LogP contribution in [0.2, 0.25) is 5.02 Å². The zero-order chi connectivity index (χ0) is 23.9. The Hall–Kier alpha value is -3.14. The first kappa shape index (κ1) is 24.0. The first-order valence-electron chi connectivity index (χ1n) is 10.4. The van der Waals surface area contributed by atoms with Crippen LogP contribution in [0.5, 0.6) is 5.75 Å². The minimum absolute atomic E-state index is 0.170. The second-order valence-corrected chi connectivity index (χ2v) is 9.47. The molecule has 174 valence electrons. The number of thioether (sulfide) groups is 1. The van der Waals surface area contributed by atoms with Crippen LogP contribution in [0, 0.1) is 6.92 Å². The molecule has 0 radical (unpaired) electrons. The molecule has 4 rings (SSSR count). The average molecular weight is 512 g/mol. The van der Waals surface area contributed by atoms with Crippen LogP contribution in [0.1, 0.15) is 11.4 Å². The second-order valence-electron chi connectivity index (χ2n) is 7.23. The molecule has 10 heteroatoms.